The molecule has 1 N–H and O–H groups in total. The topological polar surface area (TPSA) is 49.3 Å². The number of nitrogens with zero attached hydrogens (tertiary/aromatic N) is 3. The number of ether oxygens (including phenoxy) is 2. The van der Waals surface area contributed by atoms with Gasteiger partial charge in [0.15, 0.2) is 17.5 Å². The minimum Gasteiger partial charge on any atom is -0.493 e. The number of likely N-dealkylation sites (tertiary alicyclic amines) is 1. The van der Waals surface area contributed by atoms with Crippen molar-refractivity contribution in [2.24, 2.45) is 10.9 Å². The van der Waals surface area contributed by atoms with Crippen LogP contribution in [-0.4, -0.2) is 75.9 Å². The molecule has 1 aromatic carbocycles. The van der Waals surface area contributed by atoms with Gasteiger partial charge in [0.05, 0.1) is 20.8 Å². The molecule has 1 saturated heterocycles. The Morgan fingerprint density at radius 1 is 1.17 bits per heavy atom. The van der Waals surface area contributed by atoms with Crippen LogP contribution in [0, 0.1) is 5.92 Å². The Morgan fingerprint density at radius 3 is 2.48 bits per heavy atom. The lowest BCUT2D eigenvalue weighted by molar-refractivity contribution is -0.143. The number of methoxy groups -OCH3 is 2. The van der Waals surface area contributed by atoms with E-state index in [4.69, 9.17) is 9.47 Å². The second-order valence-corrected chi connectivity index (χ2v) is 7.58. The van der Waals surface area contributed by atoms with Crippen molar-refractivity contribution in [1.29, 1.82) is 0 Å². The van der Waals surface area contributed by atoms with E-state index >= 15 is 0 Å². The van der Waals surface area contributed by atoms with E-state index in [1.807, 2.05) is 12.1 Å². The van der Waals surface area contributed by atoms with Gasteiger partial charge in [-0.1, -0.05) is 0 Å². The summed E-state index contributed by atoms with van der Waals surface area (Å²) in [5.41, 5.74) is 2.39. The number of alkyl halides is 3. The van der Waals surface area contributed by atoms with Crippen molar-refractivity contribution in [3.63, 3.8) is 0 Å². The largest absolute Gasteiger partial charge is 0.493 e. The van der Waals surface area contributed by atoms with Gasteiger partial charge in [0, 0.05) is 33.2 Å². The molecule has 2 heterocycles. The summed E-state index contributed by atoms with van der Waals surface area (Å²) in [7, 11) is 4.98. The molecule has 1 atom stereocenters. The predicted molar refractivity (Wildman–Crippen MR) is 106 cm³/mol. The molecular formula is C20H29F3N4O2. The highest BCUT2D eigenvalue weighted by Gasteiger charge is 2.34. The minimum atomic E-state index is -4.14. The Morgan fingerprint density at radius 2 is 1.86 bits per heavy atom. The Balaban J connectivity index is 1.57. The van der Waals surface area contributed by atoms with Crippen molar-refractivity contribution >= 4 is 5.96 Å². The van der Waals surface area contributed by atoms with Gasteiger partial charge < -0.3 is 19.7 Å². The molecule has 0 amide bonds. The van der Waals surface area contributed by atoms with Gasteiger partial charge in [-0.2, -0.15) is 13.2 Å². The first-order chi connectivity index (χ1) is 13.8. The van der Waals surface area contributed by atoms with Crippen LogP contribution in [0.2, 0.25) is 0 Å². The van der Waals surface area contributed by atoms with E-state index < -0.39 is 12.7 Å². The van der Waals surface area contributed by atoms with Crippen molar-refractivity contribution < 1.29 is 22.6 Å². The van der Waals surface area contributed by atoms with Crippen molar-refractivity contribution in [3.05, 3.63) is 23.3 Å². The molecule has 162 valence electrons. The van der Waals surface area contributed by atoms with Gasteiger partial charge in [-0.15, -0.1) is 0 Å². The van der Waals surface area contributed by atoms with Gasteiger partial charge in [0.25, 0.3) is 0 Å². The summed E-state index contributed by atoms with van der Waals surface area (Å²) in [6.45, 7) is 2.25. The lowest BCUT2D eigenvalue weighted by Crippen LogP contribution is -2.45. The number of nitrogens with one attached hydrogen (secondary N) is 1. The molecule has 0 saturated carbocycles. The Kier molecular flexibility index (Phi) is 6.77. The maximum Gasteiger partial charge on any atom is 0.401 e. The standard InChI is InChI=1S/C20H29F3N4O2/c1-24-19(25-10-14-4-6-26(11-14)13-20(21,22)23)27-7-5-15-8-17(28-2)18(29-3)9-16(15)12-27/h8-9,14H,4-7,10-13H2,1-3H3,(H,24,25). The first-order valence-corrected chi connectivity index (χ1v) is 9.81. The zero-order chi connectivity index (χ0) is 21.0. The highest BCUT2D eigenvalue weighted by molar-refractivity contribution is 5.80. The Hall–Kier alpha value is -2.16. The first-order valence-electron chi connectivity index (χ1n) is 9.81. The molecule has 1 aromatic rings. The molecule has 2 aliphatic heterocycles. The fourth-order valence-electron chi connectivity index (χ4n) is 4.11. The zero-order valence-corrected chi connectivity index (χ0v) is 17.2. The summed E-state index contributed by atoms with van der Waals surface area (Å²) in [5.74, 6) is 2.40. The fourth-order valence-corrected chi connectivity index (χ4v) is 4.11. The molecule has 0 spiro atoms. The SMILES string of the molecule is CN=C(NCC1CCN(CC(F)(F)F)C1)N1CCc2cc(OC)c(OC)cc2C1. The third-order valence-electron chi connectivity index (χ3n) is 5.55. The number of benzene rings is 1. The van der Waals surface area contributed by atoms with Crippen LogP contribution in [0.5, 0.6) is 11.5 Å². The van der Waals surface area contributed by atoms with Crippen LogP contribution in [0.25, 0.3) is 0 Å². The number of fused-ring (bicyclic) bond motifs is 1. The van der Waals surface area contributed by atoms with Gasteiger partial charge in [-0.25, -0.2) is 0 Å². The maximum atomic E-state index is 12.6. The van der Waals surface area contributed by atoms with Crippen molar-refractivity contribution in [2.75, 3.05) is 54.0 Å². The number of hydrogen-bond donors (Lipinski definition) is 1. The summed E-state index contributed by atoms with van der Waals surface area (Å²) >= 11 is 0. The molecule has 1 unspecified atom stereocenters. The number of guanidine groups is 1. The fraction of sp³-hybridized carbons (Fsp3) is 0.650. The quantitative estimate of drug-likeness (QED) is 0.593. The molecule has 6 nitrogen and oxygen atoms in total. The van der Waals surface area contributed by atoms with E-state index in [2.05, 4.69) is 15.2 Å². The Labute approximate surface area is 169 Å². The van der Waals surface area contributed by atoms with Crippen LogP contribution in [0.1, 0.15) is 17.5 Å². The third-order valence-corrected chi connectivity index (χ3v) is 5.55. The summed E-state index contributed by atoms with van der Waals surface area (Å²) in [5, 5.41) is 3.36. The minimum absolute atomic E-state index is 0.190. The average molecular weight is 414 g/mol. The van der Waals surface area contributed by atoms with E-state index in [1.54, 1.807) is 21.3 Å². The van der Waals surface area contributed by atoms with Gasteiger partial charge in [0.2, 0.25) is 0 Å². The van der Waals surface area contributed by atoms with Crippen LogP contribution in [-0.2, 0) is 13.0 Å². The molecular weight excluding hydrogens is 385 g/mol. The van der Waals surface area contributed by atoms with E-state index in [0.29, 0.717) is 31.9 Å². The van der Waals surface area contributed by atoms with Gasteiger partial charge >= 0.3 is 6.18 Å². The molecule has 1 fully saturated rings. The van der Waals surface area contributed by atoms with Crippen molar-refractivity contribution in [3.8, 4) is 11.5 Å². The molecule has 0 radical (unpaired) electrons. The zero-order valence-electron chi connectivity index (χ0n) is 17.2. The summed E-state index contributed by atoms with van der Waals surface area (Å²) < 4.78 is 48.5. The second-order valence-electron chi connectivity index (χ2n) is 7.58. The number of aliphatic imine (C=N–C) groups is 1. The van der Waals surface area contributed by atoms with Crippen molar-refractivity contribution in [1.82, 2.24) is 15.1 Å². The van der Waals surface area contributed by atoms with E-state index in [-0.39, 0.29) is 5.92 Å². The number of hydrogen-bond acceptors (Lipinski definition) is 4. The summed E-state index contributed by atoms with van der Waals surface area (Å²) in [6, 6.07) is 4.02. The summed E-state index contributed by atoms with van der Waals surface area (Å²) in [4.78, 5) is 8.02. The van der Waals surface area contributed by atoms with Gasteiger partial charge in [-0.3, -0.25) is 9.89 Å². The smallest absolute Gasteiger partial charge is 0.401 e. The molecule has 0 aliphatic carbocycles. The molecule has 2 aliphatic rings. The molecule has 3 rings (SSSR count). The highest BCUT2D eigenvalue weighted by atomic mass is 19.4. The van der Waals surface area contributed by atoms with Crippen LogP contribution >= 0.6 is 0 Å². The van der Waals surface area contributed by atoms with E-state index in [1.165, 1.54) is 10.5 Å². The average Bonchev–Trinajstić information content (AvgIpc) is 3.12. The summed E-state index contributed by atoms with van der Waals surface area (Å²) in [6.07, 6.45) is -2.51. The second kappa shape index (κ2) is 9.11. The van der Waals surface area contributed by atoms with Crippen LogP contribution in [0.4, 0.5) is 13.2 Å². The van der Waals surface area contributed by atoms with Crippen LogP contribution < -0.4 is 14.8 Å². The molecule has 9 heteroatoms. The monoisotopic (exact) mass is 414 g/mol. The predicted octanol–water partition coefficient (Wildman–Crippen LogP) is 2.52. The van der Waals surface area contributed by atoms with Crippen LogP contribution in [0.3, 0.4) is 0 Å². The molecule has 29 heavy (non-hydrogen) atoms. The number of halogens is 3. The van der Waals surface area contributed by atoms with E-state index in [0.717, 1.165) is 36.7 Å². The van der Waals surface area contributed by atoms with E-state index in [9.17, 15) is 13.2 Å². The van der Waals surface area contributed by atoms with Gasteiger partial charge in [0.1, 0.15) is 0 Å². The maximum absolute atomic E-state index is 12.6. The normalized spacial score (nSPS) is 20.6. The third kappa shape index (κ3) is 5.46. The Bertz CT molecular complexity index is 739. The van der Waals surface area contributed by atoms with Crippen LogP contribution in [0.15, 0.2) is 17.1 Å². The highest BCUT2D eigenvalue weighted by Crippen LogP contribution is 2.33. The lowest BCUT2D eigenvalue weighted by Gasteiger charge is -2.32. The van der Waals surface area contributed by atoms with Gasteiger partial charge in [-0.05, 0) is 48.6 Å². The lowest BCUT2D eigenvalue weighted by atomic mass is 9.99. The molecule has 0 aromatic heterocycles. The first kappa shape index (κ1) is 21.5. The van der Waals surface area contributed by atoms with Crippen molar-refractivity contribution in [2.45, 2.75) is 25.6 Å². The number of rotatable bonds is 5. The molecule has 0 bridgehead atoms.